The van der Waals surface area contributed by atoms with Crippen molar-refractivity contribution in [2.45, 2.75) is 38.7 Å². The van der Waals surface area contributed by atoms with Crippen LogP contribution < -0.4 is 10.1 Å². The van der Waals surface area contributed by atoms with Gasteiger partial charge < -0.3 is 15.0 Å². The van der Waals surface area contributed by atoms with Crippen LogP contribution in [0, 0.1) is 6.92 Å². The first-order valence-electron chi connectivity index (χ1n) is 11.0. The molecule has 180 valence electrons. The minimum atomic E-state index is -2.70. The molecule has 2 atom stereocenters. The highest BCUT2D eigenvalue weighted by Gasteiger charge is 2.30. The third-order valence-electron chi connectivity index (χ3n) is 6.01. The number of alkyl halides is 2. The molecule has 3 aromatic heterocycles. The van der Waals surface area contributed by atoms with Crippen molar-refractivity contribution in [3.8, 4) is 17.3 Å². The number of methoxy groups -OCH3 is 1. The highest BCUT2D eigenvalue weighted by atomic mass is 19.3. The third-order valence-corrected chi connectivity index (χ3v) is 6.01. The van der Waals surface area contributed by atoms with E-state index in [1.54, 1.807) is 38.4 Å². The Morgan fingerprint density at radius 1 is 1.26 bits per heavy atom. The molecule has 9 nitrogen and oxygen atoms in total. The average Bonchev–Trinajstić information content (AvgIpc) is 3.45. The molecule has 0 unspecified atom stereocenters. The molecule has 0 spiro atoms. The zero-order valence-electron chi connectivity index (χ0n) is 19.5. The van der Waals surface area contributed by atoms with Gasteiger partial charge in [0.15, 0.2) is 11.6 Å². The van der Waals surface area contributed by atoms with Crippen LogP contribution in [0.25, 0.3) is 11.4 Å². The predicted molar refractivity (Wildman–Crippen MR) is 122 cm³/mol. The monoisotopic (exact) mass is 471 g/mol. The van der Waals surface area contributed by atoms with Crippen molar-refractivity contribution < 1.29 is 18.3 Å². The summed E-state index contributed by atoms with van der Waals surface area (Å²) < 4.78 is 32.3. The number of nitrogens with one attached hydrogen (secondary N) is 1. The average molecular weight is 472 g/mol. The molecule has 3 aromatic rings. The Morgan fingerprint density at radius 3 is 2.74 bits per heavy atom. The summed E-state index contributed by atoms with van der Waals surface area (Å²) in [6, 6.07) is 7.21. The molecular weight excluding hydrogens is 444 g/mol. The van der Waals surface area contributed by atoms with Crippen LogP contribution in [0.2, 0.25) is 0 Å². The van der Waals surface area contributed by atoms with Crippen molar-refractivity contribution in [1.82, 2.24) is 29.6 Å². The van der Waals surface area contributed by atoms with Gasteiger partial charge in [0.25, 0.3) is 6.43 Å². The Bertz CT molecular complexity index is 1180. The Kier molecular flexibility index (Phi) is 6.71. The van der Waals surface area contributed by atoms with Gasteiger partial charge in [-0.25, -0.2) is 28.4 Å². The number of amides is 1. The van der Waals surface area contributed by atoms with Gasteiger partial charge in [-0.3, -0.25) is 4.79 Å². The van der Waals surface area contributed by atoms with Gasteiger partial charge in [0.1, 0.15) is 5.82 Å². The standard InChI is InChI=1S/C23H27F2N7O2/c1-13(15-7-9-26-19(11-15)34-4)23(33)32-10-8-16(12-32)28-18-6-5-17(14(2)27-18)21-29-22(20(24)25)31(3)30-21/h5-7,9,11,13,16,20H,8,10,12H2,1-4H3,(H,27,28)/t13-,16-/m0/s1. The van der Waals surface area contributed by atoms with E-state index in [9.17, 15) is 13.6 Å². The minimum absolute atomic E-state index is 0.0492. The smallest absolute Gasteiger partial charge is 0.297 e. The topological polar surface area (TPSA) is 98.1 Å². The number of anilines is 1. The Labute approximate surface area is 196 Å². The van der Waals surface area contributed by atoms with E-state index < -0.39 is 6.43 Å². The summed E-state index contributed by atoms with van der Waals surface area (Å²) >= 11 is 0. The van der Waals surface area contributed by atoms with Crippen LogP contribution in [0.3, 0.4) is 0 Å². The number of ether oxygens (including phenoxy) is 1. The third kappa shape index (κ3) is 4.82. The number of hydrogen-bond acceptors (Lipinski definition) is 7. The zero-order chi connectivity index (χ0) is 24.4. The van der Waals surface area contributed by atoms with Gasteiger partial charge in [0.05, 0.1) is 18.7 Å². The van der Waals surface area contributed by atoms with Gasteiger partial charge in [-0.1, -0.05) is 0 Å². The highest BCUT2D eigenvalue weighted by Crippen LogP contribution is 2.26. The fraction of sp³-hybridized carbons (Fsp3) is 0.435. The lowest BCUT2D eigenvalue weighted by Gasteiger charge is -2.22. The van der Waals surface area contributed by atoms with Crippen molar-refractivity contribution >= 4 is 11.7 Å². The SMILES string of the molecule is COc1cc([C@H](C)C(=O)N2CC[C@H](Nc3ccc(-c4nc(C(F)F)n(C)n4)c(C)n3)C2)ccn1. The van der Waals surface area contributed by atoms with Gasteiger partial charge in [-0.2, -0.15) is 5.10 Å². The number of rotatable bonds is 7. The van der Waals surface area contributed by atoms with E-state index in [1.807, 2.05) is 17.9 Å². The maximum Gasteiger partial charge on any atom is 0.297 e. The maximum atomic E-state index is 13.0. The summed E-state index contributed by atoms with van der Waals surface area (Å²) in [6.07, 6.45) is -0.268. The van der Waals surface area contributed by atoms with E-state index >= 15 is 0 Å². The molecule has 4 heterocycles. The predicted octanol–water partition coefficient (Wildman–Crippen LogP) is 3.34. The first kappa shape index (κ1) is 23.5. The van der Waals surface area contributed by atoms with E-state index in [0.717, 1.165) is 16.7 Å². The zero-order valence-corrected chi connectivity index (χ0v) is 19.5. The quantitative estimate of drug-likeness (QED) is 0.564. The highest BCUT2D eigenvalue weighted by molar-refractivity contribution is 5.83. The number of nitrogens with zero attached hydrogens (tertiary/aromatic N) is 6. The number of pyridine rings is 2. The Morgan fingerprint density at radius 2 is 2.06 bits per heavy atom. The van der Waals surface area contributed by atoms with Gasteiger partial charge in [-0.05, 0) is 44.0 Å². The Balaban J connectivity index is 1.40. The largest absolute Gasteiger partial charge is 0.481 e. The van der Waals surface area contributed by atoms with Gasteiger partial charge in [0.2, 0.25) is 11.8 Å². The normalized spacial score (nSPS) is 16.7. The molecule has 4 rings (SSSR count). The summed E-state index contributed by atoms with van der Waals surface area (Å²) in [6.45, 7) is 4.88. The van der Waals surface area contributed by atoms with E-state index in [-0.39, 0.29) is 29.5 Å². The van der Waals surface area contributed by atoms with E-state index in [1.165, 1.54) is 7.05 Å². The second-order valence-electron chi connectivity index (χ2n) is 8.31. The van der Waals surface area contributed by atoms with Gasteiger partial charge >= 0.3 is 0 Å². The number of aromatic nitrogens is 5. The summed E-state index contributed by atoms with van der Waals surface area (Å²) in [5.41, 5.74) is 2.08. The van der Waals surface area contributed by atoms with Crippen molar-refractivity contribution in [1.29, 1.82) is 0 Å². The number of hydrogen-bond donors (Lipinski definition) is 1. The fourth-order valence-corrected chi connectivity index (χ4v) is 4.09. The lowest BCUT2D eigenvalue weighted by atomic mass is 10.0. The van der Waals surface area contributed by atoms with E-state index in [2.05, 4.69) is 25.4 Å². The molecule has 0 bridgehead atoms. The van der Waals surface area contributed by atoms with Crippen molar-refractivity contribution in [2.24, 2.45) is 7.05 Å². The van der Waals surface area contributed by atoms with Gasteiger partial charge in [0, 0.05) is 44.0 Å². The van der Waals surface area contributed by atoms with Gasteiger partial charge in [-0.15, -0.1) is 0 Å². The van der Waals surface area contributed by atoms with Crippen LogP contribution in [-0.4, -0.2) is 61.8 Å². The molecule has 0 aliphatic carbocycles. The molecular formula is C23H27F2N7O2. The second-order valence-corrected chi connectivity index (χ2v) is 8.31. The summed E-state index contributed by atoms with van der Waals surface area (Å²) in [7, 11) is 2.99. The Hall–Kier alpha value is -3.63. The molecule has 0 radical (unpaired) electrons. The summed E-state index contributed by atoms with van der Waals surface area (Å²) in [5, 5.41) is 7.46. The molecule has 1 saturated heterocycles. The maximum absolute atomic E-state index is 13.0. The molecule has 0 aromatic carbocycles. The van der Waals surface area contributed by atoms with Crippen LogP contribution in [0.4, 0.5) is 14.6 Å². The number of halogens is 2. The van der Waals surface area contributed by atoms with E-state index in [0.29, 0.717) is 36.0 Å². The molecule has 34 heavy (non-hydrogen) atoms. The van der Waals surface area contributed by atoms with Crippen LogP contribution in [0.5, 0.6) is 5.88 Å². The lowest BCUT2D eigenvalue weighted by molar-refractivity contribution is -0.131. The molecule has 1 N–H and O–H groups in total. The van der Waals surface area contributed by atoms with Crippen LogP contribution in [0.15, 0.2) is 30.5 Å². The molecule has 11 heteroatoms. The van der Waals surface area contributed by atoms with Crippen LogP contribution in [0.1, 0.15) is 42.8 Å². The number of carbonyl (C=O) groups is 1. The fourth-order valence-electron chi connectivity index (χ4n) is 4.09. The van der Waals surface area contributed by atoms with Crippen molar-refractivity contribution in [2.75, 3.05) is 25.5 Å². The molecule has 1 aliphatic heterocycles. The minimum Gasteiger partial charge on any atom is -0.481 e. The second kappa shape index (κ2) is 9.70. The molecule has 1 fully saturated rings. The molecule has 0 saturated carbocycles. The van der Waals surface area contributed by atoms with Crippen molar-refractivity contribution in [3.63, 3.8) is 0 Å². The molecule has 1 amide bonds. The first-order chi connectivity index (χ1) is 16.3. The summed E-state index contributed by atoms with van der Waals surface area (Å²) in [4.78, 5) is 27.5. The summed E-state index contributed by atoms with van der Waals surface area (Å²) in [5.74, 6) is 0.708. The first-order valence-corrected chi connectivity index (χ1v) is 11.0. The number of carbonyl (C=O) groups excluding carboxylic acids is 1. The molecule has 1 aliphatic rings. The van der Waals surface area contributed by atoms with Crippen molar-refractivity contribution in [3.05, 3.63) is 47.5 Å². The number of aryl methyl sites for hydroxylation is 2. The van der Waals surface area contributed by atoms with E-state index in [4.69, 9.17) is 4.74 Å². The number of likely N-dealkylation sites (tertiary alicyclic amines) is 1. The van der Waals surface area contributed by atoms with Crippen LogP contribution in [-0.2, 0) is 11.8 Å². The van der Waals surface area contributed by atoms with Crippen LogP contribution >= 0.6 is 0 Å². The lowest BCUT2D eigenvalue weighted by Crippen LogP contribution is -2.34.